The third-order valence-corrected chi connectivity index (χ3v) is 3.39. The van der Waals surface area contributed by atoms with Crippen molar-refractivity contribution in [2.75, 3.05) is 6.54 Å². The van der Waals surface area contributed by atoms with Crippen molar-refractivity contribution in [3.05, 3.63) is 34.8 Å². The monoisotopic (exact) mass is 232 g/mol. The van der Waals surface area contributed by atoms with Gasteiger partial charge in [-0.05, 0) is 31.5 Å². The molecule has 90 valence electrons. The molecule has 1 saturated heterocycles. The number of hydrogen-bond acceptors (Lipinski definition) is 3. The van der Waals surface area contributed by atoms with Gasteiger partial charge in [0.2, 0.25) is 0 Å². The normalized spacial score (nSPS) is 20.8. The molecule has 4 nitrogen and oxygen atoms in total. The second kappa shape index (κ2) is 4.37. The van der Waals surface area contributed by atoms with E-state index in [1.165, 1.54) is 12.8 Å². The summed E-state index contributed by atoms with van der Waals surface area (Å²) in [5.74, 6) is -0.251. The summed E-state index contributed by atoms with van der Waals surface area (Å²) < 4.78 is 6.95. The molecule has 0 radical (unpaired) electrons. The van der Waals surface area contributed by atoms with Crippen molar-refractivity contribution in [2.24, 2.45) is 0 Å². The maximum absolute atomic E-state index is 11.8. The van der Waals surface area contributed by atoms with Gasteiger partial charge in [-0.1, -0.05) is 18.6 Å². The van der Waals surface area contributed by atoms with Gasteiger partial charge in [-0.15, -0.1) is 0 Å². The zero-order chi connectivity index (χ0) is 11.7. The molecule has 3 rings (SSSR count). The first-order valence-electron chi connectivity index (χ1n) is 6.16. The largest absolute Gasteiger partial charge is 0.420 e. The van der Waals surface area contributed by atoms with Gasteiger partial charge in [-0.25, -0.2) is 4.79 Å². The SMILES string of the molecule is O=c1oc2ccccc2n1CC1CCCCN1. The molecule has 0 aliphatic carbocycles. The van der Waals surface area contributed by atoms with E-state index >= 15 is 0 Å². The number of oxazole rings is 1. The molecule has 17 heavy (non-hydrogen) atoms. The quantitative estimate of drug-likeness (QED) is 0.858. The Bertz CT molecular complexity index is 564. The van der Waals surface area contributed by atoms with Crippen molar-refractivity contribution >= 4 is 11.1 Å². The molecule has 1 fully saturated rings. The Morgan fingerprint density at radius 1 is 1.35 bits per heavy atom. The van der Waals surface area contributed by atoms with Crippen LogP contribution in [0.5, 0.6) is 0 Å². The van der Waals surface area contributed by atoms with Crippen LogP contribution in [0.15, 0.2) is 33.5 Å². The number of rotatable bonds is 2. The molecule has 1 aliphatic heterocycles. The maximum atomic E-state index is 11.8. The number of nitrogens with one attached hydrogen (secondary N) is 1. The molecule has 2 aromatic rings. The Balaban J connectivity index is 1.93. The first-order chi connectivity index (χ1) is 8.34. The molecule has 0 bridgehead atoms. The van der Waals surface area contributed by atoms with Gasteiger partial charge >= 0.3 is 5.76 Å². The molecule has 0 spiro atoms. The van der Waals surface area contributed by atoms with Gasteiger partial charge in [0.05, 0.1) is 5.52 Å². The topological polar surface area (TPSA) is 47.2 Å². The number of aromatic nitrogens is 1. The van der Waals surface area contributed by atoms with Crippen LogP contribution in [0.25, 0.3) is 11.1 Å². The van der Waals surface area contributed by atoms with Crippen LogP contribution in [0.1, 0.15) is 19.3 Å². The Morgan fingerprint density at radius 3 is 3.06 bits per heavy atom. The first kappa shape index (κ1) is 10.6. The molecule has 2 heterocycles. The van der Waals surface area contributed by atoms with Gasteiger partial charge in [0, 0.05) is 12.6 Å². The Morgan fingerprint density at radius 2 is 2.24 bits per heavy atom. The van der Waals surface area contributed by atoms with E-state index in [-0.39, 0.29) is 5.76 Å². The highest BCUT2D eigenvalue weighted by Crippen LogP contribution is 2.14. The molecule has 1 atom stereocenters. The lowest BCUT2D eigenvalue weighted by Gasteiger charge is -2.23. The van der Waals surface area contributed by atoms with Gasteiger partial charge in [-0.2, -0.15) is 0 Å². The first-order valence-corrected chi connectivity index (χ1v) is 6.16. The molecular weight excluding hydrogens is 216 g/mol. The predicted octanol–water partition coefficient (Wildman–Crippen LogP) is 1.74. The van der Waals surface area contributed by atoms with E-state index < -0.39 is 0 Å². The standard InChI is InChI=1S/C13H16N2O2/c16-13-15(9-10-5-3-4-8-14-10)11-6-1-2-7-12(11)17-13/h1-2,6-7,10,14H,3-5,8-9H2. The van der Waals surface area contributed by atoms with E-state index in [0.29, 0.717) is 18.2 Å². The summed E-state index contributed by atoms with van der Waals surface area (Å²) in [6.07, 6.45) is 3.60. The van der Waals surface area contributed by atoms with E-state index in [2.05, 4.69) is 5.32 Å². The van der Waals surface area contributed by atoms with Crippen LogP contribution in [0.2, 0.25) is 0 Å². The summed E-state index contributed by atoms with van der Waals surface area (Å²) >= 11 is 0. The number of nitrogens with zero attached hydrogens (tertiary/aromatic N) is 1. The van der Waals surface area contributed by atoms with E-state index in [1.54, 1.807) is 4.57 Å². The molecule has 4 heteroatoms. The van der Waals surface area contributed by atoms with Gasteiger partial charge in [0.1, 0.15) is 0 Å². The van der Waals surface area contributed by atoms with Crippen molar-refractivity contribution in [2.45, 2.75) is 31.8 Å². The molecule has 1 N–H and O–H groups in total. The summed E-state index contributed by atoms with van der Waals surface area (Å²) in [6, 6.07) is 7.98. The number of para-hydroxylation sites is 2. The molecule has 0 saturated carbocycles. The van der Waals surface area contributed by atoms with Crippen LogP contribution >= 0.6 is 0 Å². The highest BCUT2D eigenvalue weighted by Gasteiger charge is 2.16. The summed E-state index contributed by atoms with van der Waals surface area (Å²) in [6.45, 7) is 1.76. The minimum atomic E-state index is -0.251. The average Bonchev–Trinajstić information content (AvgIpc) is 2.68. The number of piperidine rings is 1. The molecular formula is C13H16N2O2. The van der Waals surface area contributed by atoms with E-state index in [1.807, 2.05) is 24.3 Å². The fraction of sp³-hybridized carbons (Fsp3) is 0.462. The zero-order valence-electron chi connectivity index (χ0n) is 9.69. The summed E-state index contributed by atoms with van der Waals surface area (Å²) in [5, 5.41) is 3.45. The van der Waals surface area contributed by atoms with Crippen LogP contribution in [0, 0.1) is 0 Å². The van der Waals surface area contributed by atoms with Gasteiger partial charge < -0.3 is 9.73 Å². The lowest BCUT2D eigenvalue weighted by Crippen LogP contribution is -2.39. The van der Waals surface area contributed by atoms with E-state index in [4.69, 9.17) is 4.42 Å². The zero-order valence-corrected chi connectivity index (χ0v) is 9.69. The van der Waals surface area contributed by atoms with E-state index in [0.717, 1.165) is 18.5 Å². The maximum Gasteiger partial charge on any atom is 0.420 e. The fourth-order valence-electron chi connectivity index (χ4n) is 2.49. The van der Waals surface area contributed by atoms with Gasteiger partial charge in [0.25, 0.3) is 0 Å². The fourth-order valence-corrected chi connectivity index (χ4v) is 2.49. The molecule has 1 aromatic heterocycles. The summed E-state index contributed by atoms with van der Waals surface area (Å²) in [5.41, 5.74) is 1.57. The molecule has 1 aliphatic rings. The Hall–Kier alpha value is -1.55. The highest BCUT2D eigenvalue weighted by molar-refractivity contribution is 5.72. The number of hydrogen-bond donors (Lipinski definition) is 1. The number of fused-ring (bicyclic) bond motifs is 1. The average molecular weight is 232 g/mol. The summed E-state index contributed by atoms with van der Waals surface area (Å²) in [7, 11) is 0. The van der Waals surface area contributed by atoms with Gasteiger partial charge in [-0.3, -0.25) is 4.57 Å². The van der Waals surface area contributed by atoms with E-state index in [9.17, 15) is 4.79 Å². The Labute approximate surface area is 99.2 Å². The lowest BCUT2D eigenvalue weighted by atomic mass is 10.1. The van der Waals surface area contributed by atoms with Crippen molar-refractivity contribution in [1.29, 1.82) is 0 Å². The number of benzene rings is 1. The smallest absolute Gasteiger partial charge is 0.408 e. The second-order valence-electron chi connectivity index (χ2n) is 4.59. The molecule has 1 aromatic carbocycles. The third-order valence-electron chi connectivity index (χ3n) is 3.39. The second-order valence-corrected chi connectivity index (χ2v) is 4.59. The van der Waals surface area contributed by atoms with Crippen LogP contribution in [0.3, 0.4) is 0 Å². The van der Waals surface area contributed by atoms with Crippen LogP contribution in [-0.4, -0.2) is 17.2 Å². The minimum absolute atomic E-state index is 0.251. The lowest BCUT2D eigenvalue weighted by molar-refractivity contribution is 0.354. The predicted molar refractivity (Wildman–Crippen MR) is 66.1 cm³/mol. The molecule has 1 unspecified atom stereocenters. The van der Waals surface area contributed by atoms with Crippen LogP contribution in [0.4, 0.5) is 0 Å². The van der Waals surface area contributed by atoms with Gasteiger partial charge in [0.15, 0.2) is 5.58 Å². The molecule has 0 amide bonds. The van der Waals surface area contributed by atoms with Crippen molar-refractivity contribution in [3.63, 3.8) is 0 Å². The van der Waals surface area contributed by atoms with Crippen molar-refractivity contribution in [3.8, 4) is 0 Å². The minimum Gasteiger partial charge on any atom is -0.408 e. The van der Waals surface area contributed by atoms with Crippen molar-refractivity contribution < 1.29 is 4.42 Å². The third kappa shape index (κ3) is 2.00. The highest BCUT2D eigenvalue weighted by atomic mass is 16.4. The Kier molecular flexibility index (Phi) is 2.73. The van der Waals surface area contributed by atoms with Crippen molar-refractivity contribution in [1.82, 2.24) is 9.88 Å². The van der Waals surface area contributed by atoms with Crippen LogP contribution in [-0.2, 0) is 6.54 Å². The summed E-state index contributed by atoms with van der Waals surface area (Å²) in [4.78, 5) is 11.8. The van der Waals surface area contributed by atoms with Crippen LogP contribution < -0.4 is 11.1 Å².